The summed E-state index contributed by atoms with van der Waals surface area (Å²) in [5.74, 6) is 0. The maximum atomic E-state index is 2.31. The van der Waals surface area contributed by atoms with Crippen LogP contribution in [0.4, 0.5) is 0 Å². The average molecular weight is 206 g/mol. The highest BCUT2D eigenvalue weighted by molar-refractivity contribution is 5.16. The average Bonchev–Trinajstić information content (AvgIpc) is 2.23. The van der Waals surface area contributed by atoms with Crippen LogP contribution in [-0.2, 0) is 6.54 Å². The maximum Gasteiger partial charge on any atom is 0.171 e. The van der Waals surface area contributed by atoms with Crippen LogP contribution in [0.1, 0.15) is 50.2 Å². The quantitative estimate of drug-likeness (QED) is 0.495. The molecule has 1 heterocycles. The fraction of sp³-hybridized carbons (Fsp3) is 0.643. The van der Waals surface area contributed by atoms with E-state index < -0.39 is 0 Å². The van der Waals surface area contributed by atoms with Gasteiger partial charge in [-0.2, -0.15) is 0 Å². The second-order valence-electron chi connectivity index (χ2n) is 4.46. The van der Waals surface area contributed by atoms with Crippen molar-refractivity contribution in [1.82, 2.24) is 0 Å². The molecule has 15 heavy (non-hydrogen) atoms. The van der Waals surface area contributed by atoms with Gasteiger partial charge in [0.15, 0.2) is 12.4 Å². The van der Waals surface area contributed by atoms with E-state index in [1.54, 1.807) is 0 Å². The van der Waals surface area contributed by atoms with Gasteiger partial charge in [0.25, 0.3) is 0 Å². The molecule has 1 nitrogen and oxygen atoms in total. The Bertz CT molecular complexity index is 291. The van der Waals surface area contributed by atoms with Crippen molar-refractivity contribution in [3.63, 3.8) is 0 Å². The number of aryl methyl sites for hydroxylation is 3. The van der Waals surface area contributed by atoms with Crippen LogP contribution in [-0.4, -0.2) is 0 Å². The summed E-state index contributed by atoms with van der Waals surface area (Å²) in [6, 6.07) is 2.21. The van der Waals surface area contributed by atoms with Crippen LogP contribution in [0.5, 0.6) is 0 Å². The van der Waals surface area contributed by atoms with E-state index in [1.165, 1.54) is 49.8 Å². The van der Waals surface area contributed by atoms with E-state index in [2.05, 4.69) is 43.8 Å². The standard InChI is InChI=1S/C14H24N/c1-4-5-6-7-8-10-15-11-9-13(2)14(3)12-15/h9,11-12H,4-8,10H2,1-3H3/q+1. The predicted molar refractivity (Wildman–Crippen MR) is 64.9 cm³/mol. The minimum atomic E-state index is 1.17. The molecule has 0 unspecified atom stereocenters. The number of nitrogens with zero attached hydrogens (tertiary/aromatic N) is 1. The molecule has 0 saturated heterocycles. The van der Waals surface area contributed by atoms with Gasteiger partial charge in [0.2, 0.25) is 0 Å². The molecule has 1 rings (SSSR count). The normalized spacial score (nSPS) is 10.6. The molecule has 0 aliphatic heterocycles. The Labute approximate surface area is 94.1 Å². The van der Waals surface area contributed by atoms with Crippen molar-refractivity contribution < 1.29 is 4.57 Å². The Balaban J connectivity index is 2.28. The molecule has 0 fully saturated rings. The Morgan fingerprint density at radius 3 is 2.40 bits per heavy atom. The largest absolute Gasteiger partial charge is 0.205 e. The summed E-state index contributed by atoms with van der Waals surface area (Å²) in [4.78, 5) is 0. The third kappa shape index (κ3) is 4.46. The van der Waals surface area contributed by atoms with Crippen molar-refractivity contribution in [3.8, 4) is 0 Å². The highest BCUT2D eigenvalue weighted by Gasteiger charge is 2.02. The molecule has 84 valence electrons. The van der Waals surface area contributed by atoms with Crippen LogP contribution >= 0.6 is 0 Å². The Kier molecular flexibility index (Phi) is 5.38. The summed E-state index contributed by atoms with van der Waals surface area (Å²) in [5, 5.41) is 0. The predicted octanol–water partition coefficient (Wildman–Crippen LogP) is 3.56. The summed E-state index contributed by atoms with van der Waals surface area (Å²) >= 11 is 0. The Morgan fingerprint density at radius 2 is 1.73 bits per heavy atom. The van der Waals surface area contributed by atoms with E-state index in [1.807, 2.05) is 0 Å². The van der Waals surface area contributed by atoms with E-state index in [4.69, 9.17) is 0 Å². The number of hydrogen-bond donors (Lipinski definition) is 0. The van der Waals surface area contributed by atoms with Crippen molar-refractivity contribution in [2.24, 2.45) is 0 Å². The third-order valence-corrected chi connectivity index (χ3v) is 3.02. The van der Waals surface area contributed by atoms with Gasteiger partial charge in [-0.05, 0) is 25.8 Å². The molecule has 0 bridgehead atoms. The summed E-state index contributed by atoms with van der Waals surface area (Å²) < 4.78 is 2.31. The Hall–Kier alpha value is -0.850. The molecule has 0 saturated carbocycles. The van der Waals surface area contributed by atoms with Gasteiger partial charge >= 0.3 is 0 Å². The summed E-state index contributed by atoms with van der Waals surface area (Å²) in [6.45, 7) is 7.78. The second-order valence-corrected chi connectivity index (χ2v) is 4.46. The zero-order valence-electron chi connectivity index (χ0n) is 10.4. The fourth-order valence-corrected chi connectivity index (χ4v) is 1.77. The molecule has 1 aromatic rings. The number of rotatable bonds is 6. The van der Waals surface area contributed by atoms with Crippen molar-refractivity contribution in [2.45, 2.75) is 59.4 Å². The van der Waals surface area contributed by atoms with Gasteiger partial charge < -0.3 is 0 Å². The monoisotopic (exact) mass is 206 g/mol. The van der Waals surface area contributed by atoms with Crippen molar-refractivity contribution in [3.05, 3.63) is 29.6 Å². The molecular weight excluding hydrogens is 182 g/mol. The minimum Gasteiger partial charge on any atom is -0.205 e. The van der Waals surface area contributed by atoms with E-state index in [0.717, 1.165) is 0 Å². The molecule has 0 aliphatic carbocycles. The third-order valence-electron chi connectivity index (χ3n) is 3.02. The number of pyridine rings is 1. The molecule has 0 amide bonds. The van der Waals surface area contributed by atoms with Gasteiger partial charge in [-0.15, -0.1) is 0 Å². The molecular formula is C14H24N+. The second kappa shape index (κ2) is 6.60. The van der Waals surface area contributed by atoms with Crippen LogP contribution < -0.4 is 4.57 Å². The lowest BCUT2D eigenvalue weighted by Crippen LogP contribution is -2.33. The van der Waals surface area contributed by atoms with Crippen molar-refractivity contribution >= 4 is 0 Å². The van der Waals surface area contributed by atoms with Gasteiger partial charge in [-0.1, -0.05) is 26.2 Å². The lowest BCUT2D eigenvalue weighted by molar-refractivity contribution is -0.697. The molecule has 0 spiro atoms. The maximum absolute atomic E-state index is 2.31. The first-order valence-electron chi connectivity index (χ1n) is 6.20. The van der Waals surface area contributed by atoms with Gasteiger partial charge in [-0.25, -0.2) is 4.57 Å². The van der Waals surface area contributed by atoms with Gasteiger partial charge in [0.05, 0.1) is 0 Å². The van der Waals surface area contributed by atoms with E-state index in [-0.39, 0.29) is 0 Å². The highest BCUT2D eigenvalue weighted by atomic mass is 14.9. The van der Waals surface area contributed by atoms with Crippen LogP contribution in [0.3, 0.4) is 0 Å². The lowest BCUT2D eigenvalue weighted by atomic mass is 10.1. The minimum absolute atomic E-state index is 1.17. The van der Waals surface area contributed by atoms with Crippen LogP contribution in [0, 0.1) is 13.8 Å². The molecule has 0 aliphatic rings. The smallest absolute Gasteiger partial charge is 0.171 e. The number of aromatic nitrogens is 1. The van der Waals surface area contributed by atoms with Crippen LogP contribution in [0.25, 0.3) is 0 Å². The molecule has 1 heteroatoms. The first kappa shape index (κ1) is 12.2. The first-order valence-corrected chi connectivity index (χ1v) is 6.20. The molecule has 0 N–H and O–H groups in total. The highest BCUT2D eigenvalue weighted by Crippen LogP contribution is 2.03. The summed E-state index contributed by atoms with van der Waals surface area (Å²) in [5.41, 5.74) is 2.78. The van der Waals surface area contributed by atoms with Crippen LogP contribution in [0.2, 0.25) is 0 Å². The van der Waals surface area contributed by atoms with E-state index >= 15 is 0 Å². The lowest BCUT2D eigenvalue weighted by Gasteiger charge is -2.00. The van der Waals surface area contributed by atoms with Gasteiger partial charge in [-0.3, -0.25) is 0 Å². The van der Waals surface area contributed by atoms with Crippen molar-refractivity contribution in [1.29, 1.82) is 0 Å². The number of hydrogen-bond acceptors (Lipinski definition) is 0. The van der Waals surface area contributed by atoms with Crippen molar-refractivity contribution in [2.75, 3.05) is 0 Å². The summed E-state index contributed by atoms with van der Waals surface area (Å²) in [7, 11) is 0. The SMILES string of the molecule is CCCCCCC[n+]1ccc(C)c(C)c1. The topological polar surface area (TPSA) is 3.88 Å². The summed E-state index contributed by atoms with van der Waals surface area (Å²) in [6.07, 6.45) is 11.2. The molecule has 0 aromatic carbocycles. The molecule has 1 aromatic heterocycles. The number of unbranched alkanes of at least 4 members (excludes halogenated alkanes) is 4. The first-order chi connectivity index (χ1) is 7.24. The molecule has 0 atom stereocenters. The fourth-order valence-electron chi connectivity index (χ4n) is 1.77. The molecule has 0 radical (unpaired) electrons. The van der Waals surface area contributed by atoms with Gasteiger partial charge in [0, 0.05) is 18.1 Å². The zero-order chi connectivity index (χ0) is 11.1. The van der Waals surface area contributed by atoms with Crippen LogP contribution in [0.15, 0.2) is 18.5 Å². The van der Waals surface area contributed by atoms with E-state index in [0.29, 0.717) is 0 Å². The zero-order valence-corrected chi connectivity index (χ0v) is 10.4. The van der Waals surface area contributed by atoms with Gasteiger partial charge in [0.1, 0.15) is 6.54 Å². The Morgan fingerprint density at radius 1 is 1.00 bits per heavy atom. The van der Waals surface area contributed by atoms with E-state index in [9.17, 15) is 0 Å².